The molecule has 4 aromatic rings. The topological polar surface area (TPSA) is 51.9 Å². The Kier molecular flexibility index (Phi) is 4.83. The van der Waals surface area contributed by atoms with Gasteiger partial charge in [-0.2, -0.15) is 0 Å². The highest BCUT2D eigenvalue weighted by molar-refractivity contribution is 6.33. The number of fused-ring (bicyclic) bond motifs is 3. The van der Waals surface area contributed by atoms with Crippen molar-refractivity contribution in [3.8, 4) is 17.2 Å². The smallest absolute Gasteiger partial charge is 0.339 e. The van der Waals surface area contributed by atoms with Crippen LogP contribution in [0.15, 0.2) is 69.9 Å². The Bertz CT molecular complexity index is 1330. The standard InChI is InChI=1S/C25H20ClNO4/c1-15-16(2)25(28)31-23-20(15)12-22(26)24-21(23)13-27(14-29-24)17-8-10-19(11-9-17)30-18-6-4-3-5-7-18/h3-12H,13-14H2,1-2H3. The Morgan fingerprint density at radius 3 is 2.42 bits per heavy atom. The van der Waals surface area contributed by atoms with E-state index in [4.69, 9.17) is 25.5 Å². The van der Waals surface area contributed by atoms with Crippen molar-refractivity contribution < 1.29 is 13.9 Å². The molecule has 31 heavy (non-hydrogen) atoms. The highest BCUT2D eigenvalue weighted by Gasteiger charge is 2.25. The van der Waals surface area contributed by atoms with Crippen LogP contribution in [0.3, 0.4) is 0 Å². The largest absolute Gasteiger partial charge is 0.471 e. The molecule has 156 valence electrons. The normalized spacial score (nSPS) is 13.1. The molecule has 0 saturated heterocycles. The lowest BCUT2D eigenvalue weighted by atomic mass is 10.0. The Hall–Kier alpha value is -3.44. The molecule has 0 aliphatic carbocycles. The SMILES string of the molecule is Cc1c(C)c2cc(Cl)c3c(c2oc1=O)CN(c1ccc(Oc2ccccc2)cc1)CO3. The minimum atomic E-state index is -0.339. The molecule has 1 aromatic heterocycles. The van der Waals surface area contributed by atoms with Crippen LogP contribution in [-0.4, -0.2) is 6.73 Å². The predicted octanol–water partition coefficient (Wildman–Crippen LogP) is 6.21. The van der Waals surface area contributed by atoms with Gasteiger partial charge in [0.05, 0.1) is 17.1 Å². The highest BCUT2D eigenvalue weighted by Crippen LogP contribution is 2.40. The van der Waals surface area contributed by atoms with Gasteiger partial charge in [0, 0.05) is 16.6 Å². The van der Waals surface area contributed by atoms with Crippen molar-refractivity contribution in [1.82, 2.24) is 0 Å². The number of nitrogens with zero attached hydrogens (tertiary/aromatic N) is 1. The van der Waals surface area contributed by atoms with E-state index in [2.05, 4.69) is 4.90 Å². The summed E-state index contributed by atoms with van der Waals surface area (Å²) >= 11 is 6.50. The molecule has 0 bridgehead atoms. The van der Waals surface area contributed by atoms with E-state index < -0.39 is 0 Å². The van der Waals surface area contributed by atoms with E-state index in [0.29, 0.717) is 35.2 Å². The van der Waals surface area contributed by atoms with Gasteiger partial charge < -0.3 is 18.8 Å². The zero-order valence-corrected chi connectivity index (χ0v) is 17.9. The van der Waals surface area contributed by atoms with Crippen molar-refractivity contribution in [2.24, 2.45) is 0 Å². The number of anilines is 1. The number of ether oxygens (including phenoxy) is 2. The number of rotatable bonds is 3. The van der Waals surface area contributed by atoms with Gasteiger partial charge >= 0.3 is 5.63 Å². The van der Waals surface area contributed by atoms with Crippen molar-refractivity contribution in [2.45, 2.75) is 20.4 Å². The number of para-hydroxylation sites is 1. The fraction of sp³-hybridized carbons (Fsp3) is 0.160. The molecule has 0 radical (unpaired) electrons. The first-order chi connectivity index (χ1) is 15.0. The Labute approximate surface area is 184 Å². The molecule has 6 heteroatoms. The van der Waals surface area contributed by atoms with Gasteiger partial charge in [0.15, 0.2) is 6.73 Å². The van der Waals surface area contributed by atoms with Gasteiger partial charge in [0.2, 0.25) is 0 Å². The van der Waals surface area contributed by atoms with Crippen LogP contribution in [0, 0.1) is 13.8 Å². The van der Waals surface area contributed by atoms with Crippen LogP contribution in [0.25, 0.3) is 11.0 Å². The maximum atomic E-state index is 12.3. The average molecular weight is 434 g/mol. The zero-order valence-electron chi connectivity index (χ0n) is 17.1. The summed E-state index contributed by atoms with van der Waals surface area (Å²) in [4.78, 5) is 14.4. The molecule has 1 aliphatic heterocycles. The van der Waals surface area contributed by atoms with Gasteiger partial charge in [-0.15, -0.1) is 0 Å². The van der Waals surface area contributed by atoms with E-state index in [1.807, 2.05) is 67.6 Å². The average Bonchev–Trinajstić information content (AvgIpc) is 2.80. The molecule has 0 fully saturated rings. The highest BCUT2D eigenvalue weighted by atomic mass is 35.5. The van der Waals surface area contributed by atoms with Crippen molar-refractivity contribution in [3.63, 3.8) is 0 Å². The molecule has 0 amide bonds. The van der Waals surface area contributed by atoms with Crippen LogP contribution in [-0.2, 0) is 6.54 Å². The van der Waals surface area contributed by atoms with E-state index in [9.17, 15) is 4.79 Å². The molecule has 0 unspecified atom stereocenters. The summed E-state index contributed by atoms with van der Waals surface area (Å²) in [6, 6.07) is 19.2. The number of aryl methyl sites for hydroxylation is 1. The maximum Gasteiger partial charge on any atom is 0.339 e. The van der Waals surface area contributed by atoms with Crippen LogP contribution in [0.1, 0.15) is 16.7 Å². The van der Waals surface area contributed by atoms with Crippen molar-refractivity contribution in [2.75, 3.05) is 11.6 Å². The number of hydrogen-bond donors (Lipinski definition) is 0. The molecule has 2 heterocycles. The van der Waals surface area contributed by atoms with Crippen molar-refractivity contribution in [3.05, 3.63) is 92.8 Å². The fourth-order valence-electron chi connectivity index (χ4n) is 3.78. The maximum absolute atomic E-state index is 12.3. The molecule has 0 saturated carbocycles. The minimum Gasteiger partial charge on any atom is -0.471 e. The number of halogens is 1. The lowest BCUT2D eigenvalue weighted by Gasteiger charge is -2.31. The molecule has 0 N–H and O–H groups in total. The monoisotopic (exact) mass is 433 g/mol. The van der Waals surface area contributed by atoms with Gasteiger partial charge in [-0.05, 0) is 61.9 Å². The summed E-state index contributed by atoms with van der Waals surface area (Å²) < 4.78 is 17.5. The first-order valence-electron chi connectivity index (χ1n) is 9.97. The third-order valence-corrected chi connectivity index (χ3v) is 5.92. The van der Waals surface area contributed by atoms with E-state index in [-0.39, 0.29) is 5.63 Å². The summed E-state index contributed by atoms with van der Waals surface area (Å²) in [7, 11) is 0. The van der Waals surface area contributed by atoms with Crippen LogP contribution in [0.5, 0.6) is 17.2 Å². The summed E-state index contributed by atoms with van der Waals surface area (Å²) in [5.41, 5.74) is 3.39. The number of hydrogen-bond acceptors (Lipinski definition) is 5. The molecule has 0 spiro atoms. The van der Waals surface area contributed by atoms with Crippen LogP contribution >= 0.6 is 11.6 Å². The quantitative estimate of drug-likeness (QED) is 0.359. The van der Waals surface area contributed by atoms with Gasteiger partial charge in [0.25, 0.3) is 0 Å². The Morgan fingerprint density at radius 2 is 1.68 bits per heavy atom. The third-order valence-electron chi connectivity index (χ3n) is 5.64. The zero-order chi connectivity index (χ0) is 21.5. The van der Waals surface area contributed by atoms with Crippen molar-refractivity contribution >= 4 is 28.3 Å². The summed E-state index contributed by atoms with van der Waals surface area (Å²) in [6.45, 7) is 4.52. The molecule has 5 nitrogen and oxygen atoms in total. The van der Waals surface area contributed by atoms with Gasteiger partial charge in [-0.1, -0.05) is 29.8 Å². The number of benzene rings is 3. The van der Waals surface area contributed by atoms with Crippen LogP contribution in [0.4, 0.5) is 5.69 Å². The van der Waals surface area contributed by atoms with Gasteiger partial charge in [-0.25, -0.2) is 4.79 Å². The third kappa shape index (κ3) is 3.51. The Balaban J connectivity index is 1.47. The second-order valence-corrected chi connectivity index (χ2v) is 7.97. The minimum absolute atomic E-state index is 0.339. The van der Waals surface area contributed by atoms with E-state index >= 15 is 0 Å². The van der Waals surface area contributed by atoms with Gasteiger partial charge in [0.1, 0.15) is 22.8 Å². The van der Waals surface area contributed by atoms with E-state index in [1.165, 1.54) is 0 Å². The lowest BCUT2D eigenvalue weighted by Crippen LogP contribution is -2.32. The summed E-state index contributed by atoms with van der Waals surface area (Å²) in [5, 5.41) is 1.35. The second-order valence-electron chi connectivity index (χ2n) is 7.56. The summed E-state index contributed by atoms with van der Waals surface area (Å²) in [6.07, 6.45) is 0. The van der Waals surface area contributed by atoms with E-state index in [1.54, 1.807) is 6.92 Å². The first-order valence-corrected chi connectivity index (χ1v) is 10.3. The first kappa shape index (κ1) is 19.5. The predicted molar refractivity (Wildman–Crippen MR) is 122 cm³/mol. The molecule has 0 atom stereocenters. The van der Waals surface area contributed by atoms with E-state index in [0.717, 1.165) is 33.7 Å². The molecule has 5 rings (SSSR count). The summed E-state index contributed by atoms with van der Waals surface area (Å²) in [5.74, 6) is 2.10. The molecule has 1 aliphatic rings. The molecular formula is C25H20ClNO4. The van der Waals surface area contributed by atoms with Gasteiger partial charge in [-0.3, -0.25) is 0 Å². The Morgan fingerprint density at radius 1 is 0.968 bits per heavy atom. The van der Waals surface area contributed by atoms with Crippen LogP contribution in [0.2, 0.25) is 5.02 Å². The lowest BCUT2D eigenvalue weighted by molar-refractivity contribution is 0.289. The van der Waals surface area contributed by atoms with Crippen LogP contribution < -0.4 is 20.0 Å². The molecular weight excluding hydrogens is 414 g/mol. The fourth-order valence-corrected chi connectivity index (χ4v) is 4.06. The molecule has 3 aromatic carbocycles. The van der Waals surface area contributed by atoms with Crippen molar-refractivity contribution in [1.29, 1.82) is 0 Å². The second kappa shape index (κ2) is 7.67.